The number of benzene rings is 1. The van der Waals surface area contributed by atoms with E-state index in [0.717, 1.165) is 16.0 Å². The molecule has 3 heterocycles. The third-order valence-corrected chi connectivity index (χ3v) is 9.48. The Bertz CT molecular complexity index is 1200. The molecular formula is C19H21N3O4S3. The average molecular weight is 452 g/mol. The molecule has 1 saturated heterocycles. The Morgan fingerprint density at radius 1 is 1.24 bits per heavy atom. The molecule has 0 N–H and O–H groups in total. The Morgan fingerprint density at radius 2 is 2.00 bits per heavy atom. The maximum atomic E-state index is 12.7. The summed E-state index contributed by atoms with van der Waals surface area (Å²) < 4.78 is 35.2. The van der Waals surface area contributed by atoms with Gasteiger partial charge < -0.3 is 9.30 Å². The lowest BCUT2D eigenvalue weighted by molar-refractivity contribution is -0.122. The van der Waals surface area contributed by atoms with Gasteiger partial charge in [-0.15, -0.1) is 11.3 Å². The summed E-state index contributed by atoms with van der Waals surface area (Å²) in [4.78, 5) is 17.7. The van der Waals surface area contributed by atoms with Crippen LogP contribution in [0.1, 0.15) is 12.8 Å². The lowest BCUT2D eigenvalue weighted by atomic mass is 9.98. The third-order valence-electron chi connectivity index (χ3n) is 5.11. The molecule has 1 amide bonds. The van der Waals surface area contributed by atoms with Gasteiger partial charge in [0.15, 0.2) is 4.80 Å². The van der Waals surface area contributed by atoms with E-state index < -0.39 is 10.0 Å². The quantitative estimate of drug-likeness (QED) is 0.611. The Hall–Kier alpha value is -2.01. The molecule has 3 aromatic rings. The summed E-state index contributed by atoms with van der Waals surface area (Å²) in [5.41, 5.74) is 0.985. The summed E-state index contributed by atoms with van der Waals surface area (Å²) in [5.74, 6) is 0.313. The first-order chi connectivity index (χ1) is 13.9. The smallest absolute Gasteiger partial charge is 0.252 e. The second-order valence-corrected chi connectivity index (χ2v) is 11.0. The van der Waals surface area contributed by atoms with Crippen molar-refractivity contribution >= 4 is 48.8 Å². The van der Waals surface area contributed by atoms with Gasteiger partial charge in [-0.05, 0) is 42.5 Å². The van der Waals surface area contributed by atoms with Gasteiger partial charge in [0, 0.05) is 26.1 Å². The summed E-state index contributed by atoms with van der Waals surface area (Å²) in [6.45, 7) is 0.670. The molecule has 4 rings (SSSR count). The highest BCUT2D eigenvalue weighted by molar-refractivity contribution is 7.91. The standard InChI is InChI=1S/C19H21N3O4S3/c1-21-15-6-5-14(26-2)12-16(15)28-19(21)20-18(23)13-7-9-22(10-8-13)29(24,25)17-4-3-11-27-17/h3-6,11-13H,7-10H2,1-2H3. The van der Waals surface area contributed by atoms with Crippen molar-refractivity contribution in [3.8, 4) is 5.75 Å². The predicted octanol–water partition coefficient (Wildman–Crippen LogP) is 2.84. The van der Waals surface area contributed by atoms with E-state index in [1.807, 2.05) is 29.8 Å². The van der Waals surface area contributed by atoms with E-state index in [1.165, 1.54) is 27.0 Å². The number of aryl methyl sites for hydroxylation is 1. The van der Waals surface area contributed by atoms with Crippen molar-refractivity contribution in [2.24, 2.45) is 18.0 Å². The Kier molecular flexibility index (Phi) is 5.60. The zero-order valence-corrected chi connectivity index (χ0v) is 18.5. The van der Waals surface area contributed by atoms with Crippen molar-refractivity contribution in [3.05, 3.63) is 40.5 Å². The minimum absolute atomic E-state index is 0.188. The van der Waals surface area contributed by atoms with Crippen LogP contribution in [0.5, 0.6) is 5.75 Å². The fourth-order valence-corrected chi connectivity index (χ4v) is 7.08. The molecule has 0 spiro atoms. The van der Waals surface area contributed by atoms with Gasteiger partial charge in [-0.1, -0.05) is 17.4 Å². The molecule has 7 nitrogen and oxygen atoms in total. The van der Waals surface area contributed by atoms with Crippen molar-refractivity contribution in [1.29, 1.82) is 0 Å². The number of carbonyl (C=O) groups excluding carboxylic acids is 1. The first-order valence-corrected chi connectivity index (χ1v) is 12.3. The number of sulfonamides is 1. The monoisotopic (exact) mass is 451 g/mol. The number of amides is 1. The van der Waals surface area contributed by atoms with E-state index in [0.29, 0.717) is 34.9 Å². The first-order valence-electron chi connectivity index (χ1n) is 9.16. The van der Waals surface area contributed by atoms with Crippen LogP contribution >= 0.6 is 22.7 Å². The molecule has 0 unspecified atom stereocenters. The summed E-state index contributed by atoms with van der Waals surface area (Å²) in [6.07, 6.45) is 0.963. The second kappa shape index (κ2) is 8.02. The van der Waals surface area contributed by atoms with Gasteiger partial charge in [0.1, 0.15) is 9.96 Å². The van der Waals surface area contributed by atoms with Crippen molar-refractivity contribution < 1.29 is 17.9 Å². The molecule has 29 heavy (non-hydrogen) atoms. The number of carbonyl (C=O) groups is 1. The van der Waals surface area contributed by atoms with Crippen LogP contribution in [-0.2, 0) is 21.9 Å². The molecular weight excluding hydrogens is 430 g/mol. The number of methoxy groups -OCH3 is 1. The number of piperidine rings is 1. The predicted molar refractivity (Wildman–Crippen MR) is 114 cm³/mol. The zero-order chi connectivity index (χ0) is 20.6. The van der Waals surface area contributed by atoms with Gasteiger partial charge in [-0.3, -0.25) is 4.79 Å². The van der Waals surface area contributed by atoms with Gasteiger partial charge in [-0.2, -0.15) is 9.30 Å². The van der Waals surface area contributed by atoms with Crippen molar-refractivity contribution in [2.75, 3.05) is 20.2 Å². The SMILES string of the molecule is COc1ccc2c(c1)sc(=NC(=O)C1CCN(S(=O)(=O)c3cccs3)CC1)n2C. The van der Waals surface area contributed by atoms with Crippen LogP contribution in [0.2, 0.25) is 0 Å². The minimum Gasteiger partial charge on any atom is -0.497 e. The highest BCUT2D eigenvalue weighted by Crippen LogP contribution is 2.27. The normalized spacial score (nSPS) is 17.1. The molecule has 0 atom stereocenters. The first kappa shape index (κ1) is 20.3. The Balaban J connectivity index is 1.50. The third kappa shape index (κ3) is 3.89. The molecule has 1 aliphatic heterocycles. The highest BCUT2D eigenvalue weighted by atomic mass is 32.2. The average Bonchev–Trinajstić information content (AvgIpc) is 3.37. The number of nitrogens with zero attached hydrogens (tertiary/aromatic N) is 3. The molecule has 1 aromatic carbocycles. The molecule has 0 saturated carbocycles. The van der Waals surface area contributed by atoms with Crippen LogP contribution in [0.4, 0.5) is 0 Å². The van der Waals surface area contributed by atoms with Crippen LogP contribution in [0.25, 0.3) is 10.2 Å². The molecule has 2 aromatic heterocycles. The summed E-state index contributed by atoms with van der Waals surface area (Å²) in [6, 6.07) is 9.10. The fourth-order valence-electron chi connectivity index (χ4n) is 3.41. The summed E-state index contributed by atoms with van der Waals surface area (Å²) in [7, 11) is 0.0408. The zero-order valence-electron chi connectivity index (χ0n) is 16.1. The van der Waals surface area contributed by atoms with Crippen LogP contribution in [-0.4, -0.2) is 43.4 Å². The minimum atomic E-state index is -3.46. The van der Waals surface area contributed by atoms with Gasteiger partial charge in [0.2, 0.25) is 0 Å². The van der Waals surface area contributed by atoms with Gasteiger partial charge >= 0.3 is 0 Å². The second-order valence-electron chi connectivity index (χ2n) is 6.84. The molecule has 0 bridgehead atoms. The summed E-state index contributed by atoms with van der Waals surface area (Å²) >= 11 is 2.65. The number of aromatic nitrogens is 1. The van der Waals surface area contributed by atoms with E-state index in [9.17, 15) is 13.2 Å². The van der Waals surface area contributed by atoms with Crippen LogP contribution in [0, 0.1) is 5.92 Å². The summed E-state index contributed by atoms with van der Waals surface area (Å²) in [5, 5.41) is 1.75. The number of fused-ring (bicyclic) bond motifs is 1. The van der Waals surface area contributed by atoms with Gasteiger partial charge in [0.25, 0.3) is 15.9 Å². The van der Waals surface area contributed by atoms with Gasteiger partial charge in [0.05, 0.1) is 17.3 Å². The van der Waals surface area contributed by atoms with E-state index >= 15 is 0 Å². The Morgan fingerprint density at radius 3 is 2.66 bits per heavy atom. The molecule has 154 valence electrons. The maximum absolute atomic E-state index is 12.7. The topological polar surface area (TPSA) is 81.0 Å². The van der Waals surface area contributed by atoms with E-state index in [-0.39, 0.29) is 11.8 Å². The lowest BCUT2D eigenvalue weighted by Crippen LogP contribution is -2.40. The Labute approximate surface area is 176 Å². The number of rotatable bonds is 4. The van der Waals surface area contributed by atoms with Crippen molar-refractivity contribution in [1.82, 2.24) is 8.87 Å². The van der Waals surface area contributed by atoms with Gasteiger partial charge in [-0.25, -0.2) is 8.42 Å². The molecule has 0 radical (unpaired) electrons. The number of hydrogen-bond donors (Lipinski definition) is 0. The molecule has 10 heteroatoms. The van der Waals surface area contributed by atoms with Crippen LogP contribution in [0.3, 0.4) is 0 Å². The molecule has 0 aliphatic carbocycles. The number of thiophene rings is 1. The fraction of sp³-hybridized carbons (Fsp3) is 0.368. The number of ether oxygens (including phenoxy) is 1. The number of hydrogen-bond acceptors (Lipinski definition) is 6. The van der Waals surface area contributed by atoms with Crippen molar-refractivity contribution in [2.45, 2.75) is 17.1 Å². The van der Waals surface area contributed by atoms with E-state index in [2.05, 4.69) is 4.99 Å². The molecule has 1 fully saturated rings. The van der Waals surface area contributed by atoms with E-state index in [4.69, 9.17) is 4.74 Å². The molecule has 1 aliphatic rings. The van der Waals surface area contributed by atoms with Crippen molar-refractivity contribution in [3.63, 3.8) is 0 Å². The number of thiazole rings is 1. The largest absolute Gasteiger partial charge is 0.497 e. The lowest BCUT2D eigenvalue weighted by Gasteiger charge is -2.29. The van der Waals surface area contributed by atoms with Crippen LogP contribution < -0.4 is 9.54 Å². The highest BCUT2D eigenvalue weighted by Gasteiger charge is 2.32. The van der Waals surface area contributed by atoms with E-state index in [1.54, 1.807) is 24.6 Å². The van der Waals surface area contributed by atoms with Crippen LogP contribution in [0.15, 0.2) is 44.9 Å². The maximum Gasteiger partial charge on any atom is 0.252 e.